The Balaban J connectivity index is 1.71. The van der Waals surface area contributed by atoms with Gasteiger partial charge in [-0.3, -0.25) is 9.78 Å². The molecule has 0 unspecified atom stereocenters. The Labute approximate surface area is 142 Å². The molecule has 114 valence electrons. The van der Waals surface area contributed by atoms with Crippen LogP contribution >= 0.6 is 15.9 Å². The van der Waals surface area contributed by atoms with Gasteiger partial charge < -0.3 is 0 Å². The van der Waals surface area contributed by atoms with Gasteiger partial charge in [0.2, 0.25) is 5.91 Å². The molecule has 0 atom stereocenters. The molecule has 4 nitrogen and oxygen atoms in total. The largest absolute Gasteiger partial charge is 0.273 e. The van der Waals surface area contributed by atoms with E-state index in [9.17, 15) is 4.79 Å². The number of hydrazone groups is 1. The normalized spacial score (nSPS) is 11.0. The second kappa shape index (κ2) is 7.15. The number of carbonyl (C=O) groups is 1. The second-order valence-corrected chi connectivity index (χ2v) is 5.86. The van der Waals surface area contributed by atoms with Crippen molar-refractivity contribution in [2.24, 2.45) is 5.10 Å². The molecule has 0 radical (unpaired) electrons. The number of aromatic nitrogens is 1. The monoisotopic (exact) mass is 367 g/mol. The zero-order valence-corrected chi connectivity index (χ0v) is 13.8. The van der Waals surface area contributed by atoms with E-state index >= 15 is 0 Å². The number of halogens is 1. The highest BCUT2D eigenvalue weighted by Gasteiger charge is 2.08. The third-order valence-electron chi connectivity index (χ3n) is 3.42. The summed E-state index contributed by atoms with van der Waals surface area (Å²) in [4.78, 5) is 16.0. The van der Waals surface area contributed by atoms with E-state index in [1.54, 1.807) is 18.6 Å². The lowest BCUT2D eigenvalue weighted by molar-refractivity contribution is -0.120. The molecule has 1 amide bonds. The number of pyridine rings is 1. The molecule has 3 rings (SSSR count). The molecule has 0 aliphatic carbocycles. The minimum Gasteiger partial charge on any atom is -0.273 e. The van der Waals surface area contributed by atoms with Crippen molar-refractivity contribution in [3.05, 3.63) is 76.5 Å². The van der Waals surface area contributed by atoms with Gasteiger partial charge >= 0.3 is 0 Å². The number of benzene rings is 2. The number of fused-ring (bicyclic) bond motifs is 1. The number of nitrogens with zero attached hydrogens (tertiary/aromatic N) is 2. The lowest BCUT2D eigenvalue weighted by atomic mass is 10.0. The van der Waals surface area contributed by atoms with Crippen LogP contribution in [0.2, 0.25) is 0 Å². The molecule has 0 saturated carbocycles. The fourth-order valence-electron chi connectivity index (χ4n) is 2.32. The van der Waals surface area contributed by atoms with E-state index in [0.29, 0.717) is 0 Å². The maximum Gasteiger partial charge on any atom is 0.244 e. The van der Waals surface area contributed by atoms with E-state index in [1.807, 2.05) is 48.5 Å². The summed E-state index contributed by atoms with van der Waals surface area (Å²) < 4.78 is 1.02. The predicted molar refractivity (Wildman–Crippen MR) is 95.3 cm³/mol. The Hall–Kier alpha value is -2.53. The van der Waals surface area contributed by atoms with Gasteiger partial charge in [0.05, 0.1) is 12.6 Å². The van der Waals surface area contributed by atoms with Crippen LogP contribution in [0, 0.1) is 0 Å². The molecule has 0 aliphatic rings. The number of carbonyl (C=O) groups excluding carboxylic acids is 1. The lowest BCUT2D eigenvalue weighted by Gasteiger charge is -2.07. The van der Waals surface area contributed by atoms with E-state index in [-0.39, 0.29) is 12.3 Å². The molecular weight excluding hydrogens is 354 g/mol. The smallest absolute Gasteiger partial charge is 0.244 e. The zero-order chi connectivity index (χ0) is 16.1. The molecule has 1 aromatic heterocycles. The van der Waals surface area contributed by atoms with E-state index in [0.717, 1.165) is 26.4 Å². The molecule has 0 fully saturated rings. The van der Waals surface area contributed by atoms with Crippen LogP contribution in [0.15, 0.2) is 70.5 Å². The minimum absolute atomic E-state index is 0.150. The average molecular weight is 368 g/mol. The van der Waals surface area contributed by atoms with Gasteiger partial charge in [-0.15, -0.1) is 0 Å². The van der Waals surface area contributed by atoms with Crippen LogP contribution in [-0.4, -0.2) is 17.1 Å². The quantitative estimate of drug-likeness (QED) is 0.564. The second-order valence-electron chi connectivity index (χ2n) is 5.00. The van der Waals surface area contributed by atoms with Gasteiger partial charge in [0.15, 0.2) is 0 Å². The molecule has 0 saturated heterocycles. The van der Waals surface area contributed by atoms with Crippen LogP contribution in [0.3, 0.4) is 0 Å². The molecule has 0 aliphatic heterocycles. The minimum atomic E-state index is -0.150. The summed E-state index contributed by atoms with van der Waals surface area (Å²) in [5.41, 5.74) is 4.41. The van der Waals surface area contributed by atoms with Crippen molar-refractivity contribution in [3.63, 3.8) is 0 Å². The lowest BCUT2D eigenvalue weighted by Crippen LogP contribution is -2.19. The van der Waals surface area contributed by atoms with E-state index in [2.05, 4.69) is 31.4 Å². The Morgan fingerprint density at radius 2 is 1.83 bits per heavy atom. The fourth-order valence-corrected chi connectivity index (χ4v) is 2.80. The van der Waals surface area contributed by atoms with Gasteiger partial charge in [-0.2, -0.15) is 5.10 Å². The summed E-state index contributed by atoms with van der Waals surface area (Å²) in [7, 11) is 0. The van der Waals surface area contributed by atoms with Crippen molar-refractivity contribution in [2.75, 3.05) is 0 Å². The highest BCUT2D eigenvalue weighted by molar-refractivity contribution is 9.10. The van der Waals surface area contributed by atoms with Gasteiger partial charge in [0.1, 0.15) is 0 Å². The SMILES string of the molecule is O=C(Cc1ccc(Br)c2ccccc12)N/N=C/c1ccncc1. The fraction of sp³-hybridized carbons (Fsp3) is 0.0556. The summed E-state index contributed by atoms with van der Waals surface area (Å²) in [6.45, 7) is 0. The molecule has 3 aromatic rings. The average Bonchev–Trinajstić information content (AvgIpc) is 2.59. The first-order valence-corrected chi connectivity index (χ1v) is 7.91. The summed E-state index contributed by atoms with van der Waals surface area (Å²) in [5.74, 6) is -0.150. The van der Waals surface area contributed by atoms with Crippen molar-refractivity contribution in [1.29, 1.82) is 0 Å². The molecule has 5 heteroatoms. The van der Waals surface area contributed by atoms with Gasteiger partial charge in [-0.25, -0.2) is 5.43 Å². The van der Waals surface area contributed by atoms with Crippen LogP contribution < -0.4 is 5.43 Å². The first-order valence-electron chi connectivity index (χ1n) is 7.12. The Bertz CT molecular complexity index is 863. The molecule has 0 bridgehead atoms. The van der Waals surface area contributed by atoms with Crippen LogP contribution in [0.4, 0.5) is 0 Å². The van der Waals surface area contributed by atoms with Crippen molar-refractivity contribution in [2.45, 2.75) is 6.42 Å². The maximum atomic E-state index is 12.1. The molecule has 1 N–H and O–H groups in total. The third kappa shape index (κ3) is 3.81. The summed E-state index contributed by atoms with van der Waals surface area (Å²) in [6.07, 6.45) is 5.23. The van der Waals surface area contributed by atoms with Crippen LogP contribution in [0.5, 0.6) is 0 Å². The van der Waals surface area contributed by atoms with Gasteiger partial charge in [0, 0.05) is 16.9 Å². The third-order valence-corrected chi connectivity index (χ3v) is 4.11. The predicted octanol–water partition coefficient (Wildman–Crippen LogP) is 3.69. The van der Waals surface area contributed by atoms with Crippen LogP contribution in [0.1, 0.15) is 11.1 Å². The van der Waals surface area contributed by atoms with E-state index in [4.69, 9.17) is 0 Å². The van der Waals surface area contributed by atoms with Gasteiger partial charge in [-0.1, -0.05) is 46.3 Å². The first-order chi connectivity index (χ1) is 11.2. The molecular formula is C18H14BrN3O. The van der Waals surface area contributed by atoms with Crippen molar-refractivity contribution in [1.82, 2.24) is 10.4 Å². The molecule has 23 heavy (non-hydrogen) atoms. The van der Waals surface area contributed by atoms with Gasteiger partial charge in [0.25, 0.3) is 0 Å². The first kappa shape index (κ1) is 15.4. The summed E-state index contributed by atoms with van der Waals surface area (Å²) in [5, 5.41) is 6.13. The number of amides is 1. The van der Waals surface area contributed by atoms with E-state index in [1.165, 1.54) is 0 Å². The Morgan fingerprint density at radius 1 is 1.09 bits per heavy atom. The number of hydrogen-bond donors (Lipinski definition) is 1. The van der Waals surface area contributed by atoms with E-state index < -0.39 is 0 Å². The highest BCUT2D eigenvalue weighted by Crippen LogP contribution is 2.27. The maximum absolute atomic E-state index is 12.1. The molecule has 1 heterocycles. The van der Waals surface area contributed by atoms with Crippen molar-refractivity contribution < 1.29 is 4.79 Å². The Kier molecular flexibility index (Phi) is 4.78. The number of rotatable bonds is 4. The summed E-state index contributed by atoms with van der Waals surface area (Å²) >= 11 is 3.54. The molecule has 0 spiro atoms. The Morgan fingerprint density at radius 3 is 2.61 bits per heavy atom. The topological polar surface area (TPSA) is 54.4 Å². The zero-order valence-electron chi connectivity index (χ0n) is 12.2. The van der Waals surface area contributed by atoms with Gasteiger partial charge in [-0.05, 0) is 40.1 Å². The van der Waals surface area contributed by atoms with Crippen LogP contribution in [-0.2, 0) is 11.2 Å². The number of hydrogen-bond acceptors (Lipinski definition) is 3. The number of nitrogens with one attached hydrogen (secondary N) is 1. The molecule has 2 aromatic carbocycles. The highest BCUT2D eigenvalue weighted by atomic mass is 79.9. The summed E-state index contributed by atoms with van der Waals surface area (Å²) in [6, 6.07) is 15.6. The standard InChI is InChI=1S/C18H14BrN3O/c19-17-6-5-14(15-3-1-2-4-16(15)17)11-18(23)22-21-12-13-7-9-20-10-8-13/h1-10,12H,11H2,(H,22,23)/b21-12+. The van der Waals surface area contributed by atoms with Crippen LogP contribution in [0.25, 0.3) is 10.8 Å². The van der Waals surface area contributed by atoms with Crippen molar-refractivity contribution in [3.8, 4) is 0 Å². The van der Waals surface area contributed by atoms with Crippen molar-refractivity contribution >= 4 is 38.8 Å².